The molecule has 1 aromatic heterocycles. The lowest BCUT2D eigenvalue weighted by atomic mass is 10.1. The fraction of sp³-hybridized carbons (Fsp3) is 0.625. The van der Waals surface area contributed by atoms with E-state index < -0.39 is 0 Å². The zero-order chi connectivity index (χ0) is 15.9. The second-order valence-electron chi connectivity index (χ2n) is 5.60. The van der Waals surface area contributed by atoms with Gasteiger partial charge in [-0.1, -0.05) is 13.0 Å². The minimum absolute atomic E-state index is 0. The monoisotopic (exact) mass is 450 g/mol. The Balaban J connectivity index is 0.00000264. The first-order valence-corrected chi connectivity index (χ1v) is 8.82. The number of halogens is 1. The normalized spacial score (nSPS) is 16.7. The molecule has 1 fully saturated rings. The molecule has 2 rings (SSSR count). The maximum absolute atomic E-state index is 11.4. The molecular weight excluding hydrogens is 423 g/mol. The highest BCUT2D eigenvalue weighted by atomic mass is 127. The van der Waals surface area contributed by atoms with Crippen molar-refractivity contribution < 1.29 is 4.79 Å². The number of guanidine groups is 1. The number of hydrogen-bond acceptors (Lipinski definition) is 3. The van der Waals surface area contributed by atoms with E-state index in [-0.39, 0.29) is 29.9 Å². The Morgan fingerprint density at radius 3 is 2.52 bits per heavy atom. The van der Waals surface area contributed by atoms with Gasteiger partial charge in [-0.3, -0.25) is 9.79 Å². The Bertz CT molecular complexity index is 498. The maximum atomic E-state index is 11.4. The lowest BCUT2D eigenvalue weighted by molar-refractivity contribution is -0.130. The number of amides is 1. The smallest absolute Gasteiger partial charge is 0.219 e. The lowest BCUT2D eigenvalue weighted by Gasteiger charge is -2.36. The Labute approximate surface area is 160 Å². The second-order valence-corrected chi connectivity index (χ2v) is 6.58. The van der Waals surface area contributed by atoms with Gasteiger partial charge in [0.15, 0.2) is 5.96 Å². The van der Waals surface area contributed by atoms with Crippen LogP contribution in [0.2, 0.25) is 0 Å². The van der Waals surface area contributed by atoms with Crippen LogP contribution in [0.3, 0.4) is 0 Å². The van der Waals surface area contributed by atoms with Crippen LogP contribution in [-0.4, -0.2) is 60.9 Å². The van der Waals surface area contributed by atoms with Crippen LogP contribution in [0.1, 0.15) is 31.6 Å². The average Bonchev–Trinajstić information content (AvgIpc) is 3.05. The molecule has 1 saturated heterocycles. The summed E-state index contributed by atoms with van der Waals surface area (Å²) in [6.45, 7) is 10.8. The Kier molecular flexibility index (Phi) is 8.90. The highest BCUT2D eigenvalue weighted by Crippen LogP contribution is 2.20. The molecule has 0 aromatic carbocycles. The molecule has 1 aliphatic heterocycles. The molecule has 1 atom stereocenters. The average molecular weight is 450 g/mol. The Morgan fingerprint density at radius 1 is 1.35 bits per heavy atom. The topological polar surface area (TPSA) is 47.9 Å². The number of piperazine rings is 1. The first kappa shape index (κ1) is 20.2. The summed E-state index contributed by atoms with van der Waals surface area (Å²) >= 11 is 1.79. The summed E-state index contributed by atoms with van der Waals surface area (Å²) in [7, 11) is 0. The van der Waals surface area contributed by atoms with Gasteiger partial charge in [-0.2, -0.15) is 0 Å². The number of thiophene rings is 1. The summed E-state index contributed by atoms with van der Waals surface area (Å²) in [6.07, 6.45) is 0. The van der Waals surface area contributed by atoms with Crippen LogP contribution in [0.25, 0.3) is 0 Å². The second kappa shape index (κ2) is 10.1. The van der Waals surface area contributed by atoms with E-state index in [1.54, 1.807) is 18.3 Å². The summed E-state index contributed by atoms with van der Waals surface area (Å²) in [5.74, 6) is 1.56. The van der Waals surface area contributed by atoms with Crippen molar-refractivity contribution in [3.8, 4) is 0 Å². The van der Waals surface area contributed by atoms with Gasteiger partial charge in [0.1, 0.15) is 0 Å². The standard InChI is InChI=1S/C16H26N4OS.HI/c1-4-17-16(18-12-13(2)15-6-5-11-22-15)20-9-7-19(8-10-20)14(3)21;/h5-6,11,13H,4,7-10,12H2,1-3H3,(H,17,18);1H. The minimum atomic E-state index is 0. The first-order valence-electron chi connectivity index (χ1n) is 7.94. The molecule has 130 valence electrons. The van der Waals surface area contributed by atoms with Crippen molar-refractivity contribution in [2.45, 2.75) is 26.7 Å². The highest BCUT2D eigenvalue weighted by Gasteiger charge is 2.21. The minimum Gasteiger partial charge on any atom is -0.357 e. The third-order valence-electron chi connectivity index (χ3n) is 3.90. The summed E-state index contributed by atoms with van der Waals surface area (Å²) in [5.41, 5.74) is 0. The Hall–Kier alpha value is -0.830. The zero-order valence-corrected chi connectivity index (χ0v) is 17.3. The molecule has 7 heteroatoms. The van der Waals surface area contributed by atoms with Crippen molar-refractivity contribution >= 4 is 47.2 Å². The predicted molar refractivity (Wildman–Crippen MR) is 108 cm³/mol. The third kappa shape index (κ3) is 5.95. The van der Waals surface area contributed by atoms with Gasteiger partial charge < -0.3 is 15.1 Å². The highest BCUT2D eigenvalue weighted by molar-refractivity contribution is 14.0. The van der Waals surface area contributed by atoms with Gasteiger partial charge >= 0.3 is 0 Å². The van der Waals surface area contributed by atoms with Gasteiger partial charge in [-0.25, -0.2) is 0 Å². The van der Waals surface area contributed by atoms with E-state index in [0.29, 0.717) is 5.92 Å². The Morgan fingerprint density at radius 2 is 2.00 bits per heavy atom. The number of nitrogens with zero attached hydrogens (tertiary/aromatic N) is 3. The fourth-order valence-electron chi connectivity index (χ4n) is 2.54. The van der Waals surface area contributed by atoms with E-state index in [0.717, 1.165) is 45.2 Å². The lowest BCUT2D eigenvalue weighted by Crippen LogP contribution is -2.53. The molecule has 23 heavy (non-hydrogen) atoms. The van der Waals surface area contributed by atoms with E-state index in [1.807, 2.05) is 4.90 Å². The van der Waals surface area contributed by atoms with Crippen LogP contribution >= 0.6 is 35.3 Å². The van der Waals surface area contributed by atoms with E-state index in [2.05, 4.69) is 41.6 Å². The van der Waals surface area contributed by atoms with E-state index in [4.69, 9.17) is 4.99 Å². The number of carbonyl (C=O) groups is 1. The number of nitrogens with one attached hydrogen (secondary N) is 1. The molecule has 1 aliphatic rings. The molecule has 2 heterocycles. The zero-order valence-electron chi connectivity index (χ0n) is 14.1. The summed E-state index contributed by atoms with van der Waals surface area (Å²) in [6, 6.07) is 4.26. The molecule has 0 spiro atoms. The fourth-order valence-corrected chi connectivity index (χ4v) is 3.32. The van der Waals surface area contributed by atoms with Crippen molar-refractivity contribution in [2.24, 2.45) is 4.99 Å². The van der Waals surface area contributed by atoms with Crippen LogP contribution in [0.5, 0.6) is 0 Å². The first-order chi connectivity index (χ1) is 10.6. The molecule has 5 nitrogen and oxygen atoms in total. The van der Waals surface area contributed by atoms with Crippen LogP contribution in [0, 0.1) is 0 Å². The number of carbonyl (C=O) groups excluding carboxylic acids is 1. The molecule has 0 bridgehead atoms. The molecule has 1 aromatic rings. The van der Waals surface area contributed by atoms with Crippen molar-refractivity contribution in [3.63, 3.8) is 0 Å². The van der Waals surface area contributed by atoms with Gasteiger partial charge in [0.05, 0.1) is 6.54 Å². The van der Waals surface area contributed by atoms with Gasteiger partial charge in [0.2, 0.25) is 5.91 Å². The van der Waals surface area contributed by atoms with Gasteiger partial charge in [0.25, 0.3) is 0 Å². The third-order valence-corrected chi connectivity index (χ3v) is 5.01. The van der Waals surface area contributed by atoms with Crippen molar-refractivity contribution in [2.75, 3.05) is 39.3 Å². The number of aliphatic imine (C=N–C) groups is 1. The van der Waals surface area contributed by atoms with Crippen molar-refractivity contribution in [1.82, 2.24) is 15.1 Å². The van der Waals surface area contributed by atoms with Crippen LogP contribution in [0.15, 0.2) is 22.5 Å². The molecular formula is C16H27IN4OS. The predicted octanol–water partition coefficient (Wildman–Crippen LogP) is 2.60. The largest absolute Gasteiger partial charge is 0.357 e. The van der Waals surface area contributed by atoms with Gasteiger partial charge in [-0.15, -0.1) is 35.3 Å². The van der Waals surface area contributed by atoms with Crippen LogP contribution in [0.4, 0.5) is 0 Å². The quantitative estimate of drug-likeness (QED) is 0.436. The van der Waals surface area contributed by atoms with E-state index in [9.17, 15) is 4.79 Å². The summed E-state index contributed by atoms with van der Waals surface area (Å²) in [4.78, 5) is 21.7. The summed E-state index contributed by atoms with van der Waals surface area (Å²) in [5, 5.41) is 5.49. The van der Waals surface area contributed by atoms with E-state index >= 15 is 0 Å². The molecule has 1 N–H and O–H groups in total. The van der Waals surface area contributed by atoms with Crippen molar-refractivity contribution in [1.29, 1.82) is 0 Å². The molecule has 0 aliphatic carbocycles. The van der Waals surface area contributed by atoms with Crippen LogP contribution < -0.4 is 5.32 Å². The van der Waals surface area contributed by atoms with Gasteiger partial charge in [0, 0.05) is 50.4 Å². The molecule has 1 amide bonds. The van der Waals surface area contributed by atoms with Gasteiger partial charge in [-0.05, 0) is 18.4 Å². The van der Waals surface area contributed by atoms with Crippen molar-refractivity contribution in [3.05, 3.63) is 22.4 Å². The molecule has 0 saturated carbocycles. The summed E-state index contributed by atoms with van der Waals surface area (Å²) < 4.78 is 0. The molecule has 1 unspecified atom stereocenters. The number of rotatable bonds is 4. The molecule has 0 radical (unpaired) electrons. The van der Waals surface area contributed by atoms with E-state index in [1.165, 1.54) is 4.88 Å². The maximum Gasteiger partial charge on any atom is 0.219 e. The SMILES string of the molecule is CCNC(=NCC(C)c1cccs1)N1CCN(C(C)=O)CC1.I. The van der Waals surface area contributed by atoms with Crippen LogP contribution in [-0.2, 0) is 4.79 Å². The number of hydrogen-bond donors (Lipinski definition) is 1.